The molecule has 2 aliphatic rings. The summed E-state index contributed by atoms with van der Waals surface area (Å²) >= 11 is 0. The summed E-state index contributed by atoms with van der Waals surface area (Å²) in [4.78, 5) is 221. The van der Waals surface area contributed by atoms with E-state index in [0.29, 0.717) is 11.1 Å². The second-order valence-electron chi connectivity index (χ2n) is 23.2. The molecule has 595 valence electrons. The summed E-state index contributed by atoms with van der Waals surface area (Å²) in [5.41, 5.74) is 22.8. The van der Waals surface area contributed by atoms with Crippen molar-refractivity contribution in [3.05, 3.63) is 93.3 Å². The molecule has 4 rings (SSSR count). The number of nitrogens with two attached hydrogens (primary N) is 4. The van der Waals surface area contributed by atoms with Gasteiger partial charge in [0.05, 0.1) is 32.4 Å². The van der Waals surface area contributed by atoms with E-state index in [9.17, 15) is 97.1 Å². The van der Waals surface area contributed by atoms with Crippen LogP contribution in [0, 0.1) is 21.5 Å². The molecule has 0 spiro atoms. The van der Waals surface area contributed by atoms with Crippen LogP contribution < -0.4 is 86.7 Å². The number of carboxylic acid groups (broad SMARTS) is 4. The van der Waals surface area contributed by atoms with Crippen molar-refractivity contribution < 1.29 is 133 Å². The maximum Gasteiger partial charge on any atom is -0.358 e. The number of nitrogens with zero attached hydrogens (tertiary/aromatic N) is 3. The molecule has 30 N–H and O–H groups in total. The Morgan fingerprint density at radius 1 is 0.467 bits per heavy atom. The first kappa shape index (κ1) is 99.8. The molecule has 42 nitrogen and oxygen atoms in total. The monoisotopic (exact) mass is 1690 g/mol. The zero-order valence-corrected chi connectivity index (χ0v) is 61.7. The van der Waals surface area contributed by atoms with Crippen LogP contribution in [0.4, 0.5) is 4.79 Å². The molecule has 0 saturated carbocycles. The molecule has 1 radical (unpaired) electrons. The van der Waals surface area contributed by atoms with E-state index < -0.39 is 188 Å². The zero-order valence-electron chi connectivity index (χ0n) is 58.9. The summed E-state index contributed by atoms with van der Waals surface area (Å²) < 4.78 is 7.50. The molecule has 2 fully saturated rings. The third-order valence-electron chi connectivity index (χ3n) is 15.2. The minimum atomic E-state index is -1.98. The molecule has 0 aliphatic carbocycles. The van der Waals surface area contributed by atoms with E-state index in [1.54, 1.807) is 60.7 Å². The average Bonchev–Trinajstić information content (AvgIpc) is 1.76. The summed E-state index contributed by atoms with van der Waals surface area (Å²) in [6.07, 6.45) is -5.71. The average molecular weight is 1690 g/mol. The molecular formula is C64H99N19O23Re. The SMILES string of the molecule is NC(N)=NCCC[C@@H]1NC(=O)[C@H](CCCCNC(=O)C[C@@H](C(=O)NCCCC[C@@H]2NC(=O)[C@@H](Cc3ccccc3)NC(=O)[C@H](CC(=O)O)NC(=O)CNC(=O)[C@H](CCCN=C(N)N)NC2=O)N(CC(=O)O)C(=O)O)NC(=O)[C@@H](Cc2ccccc2)NC(=O)[C@H](CC(=O)O)NC(=O)CNC1=O.[188Re].[C-]#[O+].[CH3-].[CH3-].[OH3+].[OH3+]. The van der Waals surface area contributed by atoms with Gasteiger partial charge in [-0.05, 0) is 75.3 Å². The van der Waals surface area contributed by atoms with Crippen molar-refractivity contribution in [1.82, 2.24) is 68.7 Å². The van der Waals surface area contributed by atoms with Crippen molar-refractivity contribution in [3.63, 3.8) is 0 Å². The Bertz CT molecular complexity index is 3370. The topological polar surface area (TPSA) is 716 Å². The third kappa shape index (κ3) is 38.8. The summed E-state index contributed by atoms with van der Waals surface area (Å²) in [5.74, 6) is -17.1. The smallest absolute Gasteiger partial charge is 0.358 e. The van der Waals surface area contributed by atoms with Crippen molar-refractivity contribution in [2.75, 3.05) is 45.8 Å². The van der Waals surface area contributed by atoms with Crippen LogP contribution in [0.3, 0.4) is 0 Å². The van der Waals surface area contributed by atoms with Crippen molar-refractivity contribution in [3.8, 4) is 0 Å². The Kier molecular flexibility index (Phi) is 49.8. The van der Waals surface area contributed by atoms with Crippen LogP contribution in [0.15, 0.2) is 70.6 Å². The molecular weight excluding hydrogens is 1590 g/mol. The Labute approximate surface area is 628 Å². The Hall–Kier alpha value is -11.4. The van der Waals surface area contributed by atoms with Gasteiger partial charge in [0.2, 0.25) is 70.9 Å². The summed E-state index contributed by atoms with van der Waals surface area (Å²) in [6, 6.07) is 2.18. The van der Waals surface area contributed by atoms with Crippen LogP contribution in [0.5, 0.6) is 0 Å². The van der Waals surface area contributed by atoms with E-state index in [1.165, 1.54) is 0 Å². The number of carbonyl (C=O) groups is 16. The molecule has 0 aromatic heterocycles. The van der Waals surface area contributed by atoms with Gasteiger partial charge in [-0.2, -0.15) is 0 Å². The van der Waals surface area contributed by atoms with Crippen LogP contribution in [-0.2, 0) is 121 Å². The number of aliphatic imine (C=N–C) groups is 2. The molecule has 2 aromatic rings. The van der Waals surface area contributed by atoms with Gasteiger partial charge in [-0.15, -0.1) is 0 Å². The number of carbonyl (C=O) groups excluding carboxylic acids is 12. The Morgan fingerprint density at radius 2 is 0.794 bits per heavy atom. The fourth-order valence-electron chi connectivity index (χ4n) is 10.2. The number of carboxylic acids is 3. The van der Waals surface area contributed by atoms with Crippen LogP contribution in [0.1, 0.15) is 94.6 Å². The van der Waals surface area contributed by atoms with E-state index in [4.69, 9.17) is 27.6 Å². The maximum absolute atomic E-state index is 14.3. The number of rotatable bonds is 32. The van der Waals surface area contributed by atoms with E-state index in [0.717, 1.165) is 0 Å². The van der Waals surface area contributed by atoms with Crippen LogP contribution >= 0.6 is 0 Å². The summed E-state index contributed by atoms with van der Waals surface area (Å²) in [7, 11) is 0. The molecule has 0 bridgehead atoms. The minimum absolute atomic E-state index is 0. The van der Waals surface area contributed by atoms with E-state index in [1.807, 2.05) is 0 Å². The van der Waals surface area contributed by atoms with E-state index in [-0.39, 0.29) is 166 Å². The van der Waals surface area contributed by atoms with Gasteiger partial charge in [0.25, 0.3) is 0 Å². The molecule has 107 heavy (non-hydrogen) atoms. The second-order valence-corrected chi connectivity index (χ2v) is 23.2. The molecule has 0 unspecified atom stereocenters. The molecule has 2 aliphatic heterocycles. The number of nitrogens with one attached hydrogen (secondary N) is 12. The number of benzene rings is 2. The van der Waals surface area contributed by atoms with E-state index in [2.05, 4.69) is 80.4 Å². The molecule has 43 heteroatoms. The number of hydrogen-bond acceptors (Lipinski definition) is 18. The first-order valence-corrected chi connectivity index (χ1v) is 32.0. The van der Waals surface area contributed by atoms with Gasteiger partial charge < -0.3 is 133 Å². The predicted molar refractivity (Wildman–Crippen MR) is 377 cm³/mol. The van der Waals surface area contributed by atoms with Crippen molar-refractivity contribution >= 4 is 107 Å². The summed E-state index contributed by atoms with van der Waals surface area (Å²) in [6.45, 7) is 1.12. The van der Waals surface area contributed by atoms with E-state index >= 15 is 0 Å². The van der Waals surface area contributed by atoms with Crippen LogP contribution in [-0.4, -0.2) is 232 Å². The quantitative estimate of drug-likeness (QED) is 0.0106. The molecule has 2 heterocycles. The number of unbranched alkanes of at least 4 members (excludes halogenated alkanes) is 2. The predicted octanol–water partition coefficient (Wildman–Crippen LogP) is -7.92. The normalized spacial score (nSPS) is 19.5. The third-order valence-corrected chi connectivity index (χ3v) is 15.2. The Balaban J connectivity index is -0.0000153. The second kappa shape index (κ2) is 53.4. The zero-order chi connectivity index (χ0) is 75.8. The van der Waals surface area contributed by atoms with Gasteiger partial charge in [-0.1, -0.05) is 60.7 Å². The number of hydrogen-bond donors (Lipinski definition) is 20. The number of amides is 13. The fraction of sp³-hybridized carbons (Fsp3) is 0.484. The van der Waals surface area contributed by atoms with Gasteiger partial charge in [0, 0.05) is 59.4 Å². The molecule has 2 aromatic carbocycles. The van der Waals surface area contributed by atoms with Crippen LogP contribution in [0.2, 0.25) is 0 Å². The van der Waals surface area contributed by atoms with Crippen molar-refractivity contribution in [1.29, 1.82) is 0 Å². The molecule has 13 amide bonds. The van der Waals surface area contributed by atoms with Crippen molar-refractivity contribution in [2.45, 2.75) is 151 Å². The maximum atomic E-state index is 14.3. The Morgan fingerprint density at radius 3 is 1.14 bits per heavy atom. The van der Waals surface area contributed by atoms with Gasteiger partial charge in [0.1, 0.15) is 60.9 Å². The number of guanidine groups is 2. The first-order chi connectivity index (χ1) is 48.5. The van der Waals surface area contributed by atoms with Gasteiger partial charge in [0.15, 0.2) is 11.9 Å². The molecule has 9 atom stereocenters. The largest absolute Gasteiger partial charge is 0.457 e. The fourth-order valence-corrected chi connectivity index (χ4v) is 10.2. The molecule has 2 saturated heterocycles. The first-order valence-electron chi connectivity index (χ1n) is 32.0. The van der Waals surface area contributed by atoms with Crippen LogP contribution in [0.25, 0.3) is 0 Å². The van der Waals surface area contributed by atoms with Gasteiger partial charge >= 0.3 is 35.3 Å². The van der Waals surface area contributed by atoms with Crippen molar-refractivity contribution in [2.24, 2.45) is 32.9 Å². The standard InChI is InChI=1S/C61H87N19O20.CO.2CH3.2H2O.Re/c62-59(63)68-23-11-19-35-50(90)70-30-45(82)72-41(27-47(84)85)56(96)78-39(25-33-13-3-1-4-14-33)54(94)76-37(52(92)74-35)17-7-9-21-66-44(81)29-43(80(61(99)100)32-49(88)89)58(98)67-22-10-8-18-38-53(93)75-36(20-12-24-69-60(64)65)51(91)71-31-46(83)73-42(28-48(86)87)57(97)79-40(55(95)77-38)26-34-15-5-2-6-16-34;1-2;;;;;/h1-6,13-16,35-43H,7-12,17-32H2,(H,66,81)(H,67,98)(H,70,90)(H,71,91)(H,72,82)(H,73,83)(H,74,92)(H,75,93)(H,76,94)(H,77,95)(H,78,96)(H,79,97)(H,84,85)(H,86,87)(H,88,89)(H,99,100)(H4,62,63,68)(H4,64,65,69);;2*1H3;2*1H2;/q;;2*-1;;;/p+2/t35-,36-,37-,38-,39+,40+,41-,42-,43-;;;;;;/m0....../s1/i;;;;;;1+2. The van der Waals surface area contributed by atoms with Gasteiger partial charge in [-0.25, -0.2) is 4.79 Å². The minimum Gasteiger partial charge on any atom is -0.457 e. The number of aliphatic carboxylic acids is 3. The van der Waals surface area contributed by atoms with Gasteiger partial charge in [-0.3, -0.25) is 86.8 Å². The summed E-state index contributed by atoms with van der Waals surface area (Å²) in [5, 5.41) is 68.4.